The van der Waals surface area contributed by atoms with Gasteiger partial charge in [0.15, 0.2) is 5.96 Å². The van der Waals surface area contributed by atoms with Gasteiger partial charge in [-0.05, 0) is 43.7 Å². The number of hydrogen-bond donors (Lipinski definition) is 2. The third-order valence-corrected chi connectivity index (χ3v) is 4.43. The minimum Gasteiger partial charge on any atom is -0.346 e. The summed E-state index contributed by atoms with van der Waals surface area (Å²) >= 11 is 0. The highest BCUT2D eigenvalue weighted by Crippen LogP contribution is 2.30. The lowest BCUT2D eigenvalue weighted by molar-refractivity contribution is -0.129. The number of rotatable bonds is 2. The molecule has 1 fully saturated rings. The molecule has 0 radical (unpaired) electrons. The summed E-state index contributed by atoms with van der Waals surface area (Å²) in [5.74, 6) is 5.98. The Hall–Kier alpha value is -3.13. The molecule has 0 aliphatic carbocycles. The second-order valence-corrected chi connectivity index (χ2v) is 6.32. The first-order valence-electron chi connectivity index (χ1n) is 8.06. The number of benzene rings is 1. The standard InChI is InChI=1S/C20H20N4O/c1-4-6-14-7-5-8-15(11-14)17-12-16(9-10-22-17)20(2)13-18(25)24(3)19(21)23-20/h5,7-12H,13H2,1-3H3,(H2,21,23)/t20-/m0/s1. The molecule has 1 aliphatic heterocycles. The molecule has 2 heterocycles. The Morgan fingerprint density at radius 2 is 2.12 bits per heavy atom. The molecule has 3 rings (SSSR count). The highest BCUT2D eigenvalue weighted by atomic mass is 16.2. The molecular weight excluding hydrogens is 312 g/mol. The van der Waals surface area contributed by atoms with Crippen molar-refractivity contribution in [2.24, 2.45) is 0 Å². The van der Waals surface area contributed by atoms with Crippen LogP contribution in [0.15, 0.2) is 42.6 Å². The van der Waals surface area contributed by atoms with E-state index in [1.165, 1.54) is 4.90 Å². The van der Waals surface area contributed by atoms with Gasteiger partial charge >= 0.3 is 0 Å². The van der Waals surface area contributed by atoms with Gasteiger partial charge in [-0.15, -0.1) is 5.92 Å². The second kappa shape index (κ2) is 6.40. The molecule has 2 aromatic rings. The third kappa shape index (κ3) is 3.24. The average molecular weight is 332 g/mol. The molecule has 1 amide bonds. The molecule has 0 saturated carbocycles. The van der Waals surface area contributed by atoms with Crippen molar-refractivity contribution in [3.63, 3.8) is 0 Å². The van der Waals surface area contributed by atoms with E-state index in [1.54, 1.807) is 13.2 Å². The van der Waals surface area contributed by atoms with Crippen LogP contribution in [0.1, 0.15) is 31.4 Å². The number of nitrogens with one attached hydrogen (secondary N) is 2. The van der Waals surface area contributed by atoms with E-state index in [1.807, 2.05) is 50.2 Å². The Morgan fingerprint density at radius 1 is 1.32 bits per heavy atom. The van der Waals surface area contributed by atoms with E-state index >= 15 is 0 Å². The molecule has 5 nitrogen and oxygen atoms in total. The van der Waals surface area contributed by atoms with Gasteiger partial charge in [0.05, 0.1) is 17.7 Å². The molecule has 2 N–H and O–H groups in total. The molecule has 5 heteroatoms. The summed E-state index contributed by atoms with van der Waals surface area (Å²) in [5.41, 5.74) is 3.03. The molecule has 1 saturated heterocycles. The predicted molar refractivity (Wildman–Crippen MR) is 97.8 cm³/mol. The van der Waals surface area contributed by atoms with Gasteiger partial charge in [0.1, 0.15) is 0 Å². The van der Waals surface area contributed by atoms with Crippen molar-refractivity contribution in [3.8, 4) is 23.1 Å². The number of hydrogen-bond acceptors (Lipinski definition) is 3. The van der Waals surface area contributed by atoms with Gasteiger partial charge in [0.2, 0.25) is 5.91 Å². The maximum Gasteiger partial charge on any atom is 0.231 e. The molecule has 1 atom stereocenters. The molecule has 126 valence electrons. The quantitative estimate of drug-likeness (QED) is 0.831. The smallest absolute Gasteiger partial charge is 0.231 e. The molecule has 1 aliphatic rings. The second-order valence-electron chi connectivity index (χ2n) is 6.32. The molecule has 25 heavy (non-hydrogen) atoms. The predicted octanol–water partition coefficient (Wildman–Crippen LogP) is 2.72. The molecular formula is C20H20N4O. The number of carbonyl (C=O) groups is 1. The van der Waals surface area contributed by atoms with Crippen molar-refractivity contribution in [1.29, 1.82) is 5.41 Å². The van der Waals surface area contributed by atoms with Crippen molar-refractivity contribution < 1.29 is 4.79 Å². The van der Waals surface area contributed by atoms with Crippen molar-refractivity contribution in [3.05, 3.63) is 53.7 Å². The van der Waals surface area contributed by atoms with Crippen LogP contribution in [0, 0.1) is 17.3 Å². The summed E-state index contributed by atoms with van der Waals surface area (Å²) in [6.07, 6.45) is 2.03. The van der Waals surface area contributed by atoms with E-state index in [9.17, 15) is 4.79 Å². The van der Waals surface area contributed by atoms with Crippen LogP contribution in [0.5, 0.6) is 0 Å². The van der Waals surface area contributed by atoms with Crippen LogP contribution >= 0.6 is 0 Å². The Balaban J connectivity index is 1.99. The van der Waals surface area contributed by atoms with E-state index in [2.05, 4.69) is 22.1 Å². The SMILES string of the molecule is CC#Cc1cccc(-c2cc([C@]3(C)CC(=O)N(C)C(=N)N3)ccn2)c1. The third-order valence-electron chi connectivity index (χ3n) is 4.43. The van der Waals surface area contributed by atoms with E-state index in [4.69, 9.17) is 5.41 Å². The highest BCUT2D eigenvalue weighted by molar-refractivity contribution is 5.98. The van der Waals surface area contributed by atoms with Crippen molar-refractivity contribution in [1.82, 2.24) is 15.2 Å². The molecule has 1 aromatic carbocycles. The zero-order valence-electron chi connectivity index (χ0n) is 14.6. The van der Waals surface area contributed by atoms with E-state index in [0.717, 1.165) is 22.4 Å². The summed E-state index contributed by atoms with van der Waals surface area (Å²) < 4.78 is 0. The first-order chi connectivity index (χ1) is 11.9. The van der Waals surface area contributed by atoms with Crippen LogP contribution in [0.4, 0.5) is 0 Å². The Bertz CT molecular complexity index is 889. The molecule has 0 spiro atoms. The van der Waals surface area contributed by atoms with E-state index in [-0.39, 0.29) is 18.3 Å². The summed E-state index contributed by atoms with van der Waals surface area (Å²) in [6.45, 7) is 3.74. The lowest BCUT2D eigenvalue weighted by Gasteiger charge is -2.39. The van der Waals surface area contributed by atoms with Gasteiger partial charge in [0.25, 0.3) is 0 Å². The van der Waals surface area contributed by atoms with Crippen LogP contribution in [0.3, 0.4) is 0 Å². The molecule has 1 aromatic heterocycles. The maximum atomic E-state index is 12.2. The number of amides is 1. The fraction of sp³-hybridized carbons (Fsp3) is 0.250. The van der Waals surface area contributed by atoms with Gasteiger partial charge < -0.3 is 5.32 Å². The number of nitrogens with zero attached hydrogens (tertiary/aromatic N) is 2. The highest BCUT2D eigenvalue weighted by Gasteiger charge is 2.38. The minimum absolute atomic E-state index is 0.0789. The monoisotopic (exact) mass is 332 g/mol. The maximum absolute atomic E-state index is 12.2. The van der Waals surface area contributed by atoms with Crippen LogP contribution in [-0.2, 0) is 10.3 Å². The number of pyridine rings is 1. The first kappa shape index (κ1) is 16.7. The summed E-state index contributed by atoms with van der Waals surface area (Å²) in [5, 5.41) is 11.1. The summed E-state index contributed by atoms with van der Waals surface area (Å²) in [7, 11) is 1.61. The van der Waals surface area contributed by atoms with Gasteiger partial charge in [-0.25, -0.2) is 0 Å². The zero-order chi connectivity index (χ0) is 18.0. The zero-order valence-corrected chi connectivity index (χ0v) is 14.6. The molecule has 0 unspecified atom stereocenters. The van der Waals surface area contributed by atoms with Crippen LogP contribution in [0.2, 0.25) is 0 Å². The first-order valence-corrected chi connectivity index (χ1v) is 8.06. The normalized spacial score (nSPS) is 19.9. The average Bonchev–Trinajstić information content (AvgIpc) is 2.60. The summed E-state index contributed by atoms with van der Waals surface area (Å²) in [4.78, 5) is 18.0. The van der Waals surface area contributed by atoms with Crippen molar-refractivity contribution in [2.75, 3.05) is 7.05 Å². The number of aromatic nitrogens is 1. The topological polar surface area (TPSA) is 69.1 Å². The number of guanidine groups is 1. The fourth-order valence-electron chi connectivity index (χ4n) is 2.94. The van der Waals surface area contributed by atoms with Crippen molar-refractivity contribution in [2.45, 2.75) is 25.8 Å². The van der Waals surface area contributed by atoms with E-state index < -0.39 is 5.54 Å². The van der Waals surface area contributed by atoms with Gasteiger partial charge in [-0.1, -0.05) is 18.1 Å². The van der Waals surface area contributed by atoms with Crippen LogP contribution in [0.25, 0.3) is 11.3 Å². The van der Waals surface area contributed by atoms with Crippen molar-refractivity contribution >= 4 is 11.9 Å². The lowest BCUT2D eigenvalue weighted by atomic mass is 9.86. The van der Waals surface area contributed by atoms with Gasteiger partial charge in [-0.2, -0.15) is 0 Å². The largest absolute Gasteiger partial charge is 0.346 e. The number of carbonyl (C=O) groups excluding carboxylic acids is 1. The van der Waals surface area contributed by atoms with Crippen LogP contribution in [-0.4, -0.2) is 28.8 Å². The Kier molecular flexibility index (Phi) is 4.28. The fourth-order valence-corrected chi connectivity index (χ4v) is 2.94. The summed E-state index contributed by atoms with van der Waals surface area (Å²) in [6, 6.07) is 11.8. The minimum atomic E-state index is -0.626. The Morgan fingerprint density at radius 3 is 2.84 bits per heavy atom. The van der Waals surface area contributed by atoms with Crippen LogP contribution < -0.4 is 5.32 Å². The van der Waals surface area contributed by atoms with Gasteiger partial charge in [0, 0.05) is 24.4 Å². The lowest BCUT2D eigenvalue weighted by Crippen LogP contribution is -2.58. The molecule has 0 bridgehead atoms. The van der Waals surface area contributed by atoms with Gasteiger partial charge in [-0.3, -0.25) is 20.1 Å². The Labute approximate surface area is 147 Å². The van der Waals surface area contributed by atoms with E-state index in [0.29, 0.717) is 0 Å².